The number of anilines is 2. The summed E-state index contributed by atoms with van der Waals surface area (Å²) < 4.78 is 82.1. The standard InChI is InChI=1S/C26H19F6N7O/c1-14-2-5-16(20-9-19(26(30,31)32)22-23(33)34-12-36-39(20)22)8-18(14)24(40)37-21-11-38(13-35-21)10-15-3-6-17(7-4-15)25(27,28)29/h2-9,11-13H,10H2,1H3,(H,37,40)(H2,33,34,36). The molecule has 0 radical (unpaired) electrons. The zero-order chi connectivity index (χ0) is 28.8. The van der Waals surface area contributed by atoms with Gasteiger partial charge in [0.05, 0.1) is 23.1 Å². The number of nitrogens with zero attached hydrogens (tertiary/aromatic N) is 5. The molecular formula is C26H19F6N7O. The number of nitrogens with one attached hydrogen (secondary N) is 1. The minimum absolute atomic E-state index is 0.0614. The second-order valence-corrected chi connectivity index (χ2v) is 8.96. The van der Waals surface area contributed by atoms with Gasteiger partial charge >= 0.3 is 12.4 Å². The third-order valence-corrected chi connectivity index (χ3v) is 6.19. The summed E-state index contributed by atoms with van der Waals surface area (Å²) in [4.78, 5) is 20.9. The molecule has 2 aromatic carbocycles. The van der Waals surface area contributed by atoms with E-state index in [9.17, 15) is 31.1 Å². The molecular weight excluding hydrogens is 540 g/mol. The summed E-state index contributed by atoms with van der Waals surface area (Å²) >= 11 is 0. The fourth-order valence-electron chi connectivity index (χ4n) is 4.22. The summed E-state index contributed by atoms with van der Waals surface area (Å²) in [5.74, 6) is -0.731. The Hall–Kier alpha value is -4.88. The normalized spacial score (nSPS) is 12.2. The van der Waals surface area contributed by atoms with Crippen molar-refractivity contribution in [2.75, 3.05) is 11.1 Å². The molecule has 5 aromatic rings. The van der Waals surface area contributed by atoms with E-state index in [0.717, 1.165) is 29.0 Å². The molecule has 0 aliphatic carbocycles. The fraction of sp³-hybridized carbons (Fsp3) is 0.154. The largest absolute Gasteiger partial charge is 0.418 e. The van der Waals surface area contributed by atoms with Crippen molar-refractivity contribution in [3.8, 4) is 11.3 Å². The maximum atomic E-state index is 13.7. The molecule has 0 spiro atoms. The third kappa shape index (κ3) is 5.19. The van der Waals surface area contributed by atoms with Crippen molar-refractivity contribution < 1.29 is 31.1 Å². The van der Waals surface area contributed by atoms with Crippen molar-refractivity contribution in [3.05, 3.63) is 95.2 Å². The summed E-state index contributed by atoms with van der Waals surface area (Å²) in [6, 6.07) is 10.2. The number of aryl methyl sites for hydroxylation is 1. The van der Waals surface area contributed by atoms with Crippen LogP contribution in [-0.4, -0.2) is 30.1 Å². The minimum atomic E-state index is -4.72. The van der Waals surface area contributed by atoms with Gasteiger partial charge in [0.25, 0.3) is 5.91 Å². The van der Waals surface area contributed by atoms with E-state index in [1.807, 2.05) is 0 Å². The number of hydrogen-bond acceptors (Lipinski definition) is 5. The van der Waals surface area contributed by atoms with Crippen LogP contribution in [0, 0.1) is 6.92 Å². The van der Waals surface area contributed by atoms with Crippen LogP contribution in [0.25, 0.3) is 16.8 Å². The number of carbonyl (C=O) groups is 1. The highest BCUT2D eigenvalue weighted by Crippen LogP contribution is 2.39. The number of rotatable bonds is 5. The van der Waals surface area contributed by atoms with Crippen LogP contribution in [0.5, 0.6) is 0 Å². The molecule has 14 heteroatoms. The molecule has 0 bridgehead atoms. The summed E-state index contributed by atoms with van der Waals surface area (Å²) in [6.45, 7) is 1.88. The Bertz CT molecular complexity index is 1720. The average molecular weight is 559 g/mol. The molecule has 3 aromatic heterocycles. The molecule has 3 N–H and O–H groups in total. The molecule has 206 valence electrons. The van der Waals surface area contributed by atoms with E-state index >= 15 is 0 Å². The van der Waals surface area contributed by atoms with E-state index in [-0.39, 0.29) is 35.0 Å². The van der Waals surface area contributed by atoms with Gasteiger partial charge < -0.3 is 15.6 Å². The van der Waals surface area contributed by atoms with Crippen LogP contribution in [0.1, 0.15) is 32.6 Å². The number of imidazole rings is 1. The number of fused-ring (bicyclic) bond motifs is 1. The van der Waals surface area contributed by atoms with E-state index in [1.54, 1.807) is 23.6 Å². The smallest absolute Gasteiger partial charge is 0.382 e. The molecule has 40 heavy (non-hydrogen) atoms. The van der Waals surface area contributed by atoms with Crippen LogP contribution in [0.15, 0.2) is 67.4 Å². The fourth-order valence-corrected chi connectivity index (χ4v) is 4.22. The summed E-state index contributed by atoms with van der Waals surface area (Å²) in [5.41, 5.74) is 5.23. The molecule has 0 unspecified atom stereocenters. The molecule has 0 fully saturated rings. The van der Waals surface area contributed by atoms with Crippen molar-refractivity contribution in [2.45, 2.75) is 25.8 Å². The van der Waals surface area contributed by atoms with Gasteiger partial charge in [-0.25, -0.2) is 14.5 Å². The van der Waals surface area contributed by atoms with E-state index in [2.05, 4.69) is 20.4 Å². The average Bonchev–Trinajstić information content (AvgIpc) is 3.49. The van der Waals surface area contributed by atoms with Gasteiger partial charge in [0, 0.05) is 23.9 Å². The van der Waals surface area contributed by atoms with E-state index in [0.29, 0.717) is 11.1 Å². The number of hydrogen-bond donors (Lipinski definition) is 2. The van der Waals surface area contributed by atoms with Gasteiger partial charge in [0.1, 0.15) is 11.8 Å². The lowest BCUT2D eigenvalue weighted by Crippen LogP contribution is -2.14. The Kier molecular flexibility index (Phi) is 6.48. The number of nitrogen functional groups attached to an aromatic ring is 1. The third-order valence-electron chi connectivity index (χ3n) is 6.19. The Labute approximate surface area is 222 Å². The lowest BCUT2D eigenvalue weighted by atomic mass is 10.0. The highest BCUT2D eigenvalue weighted by molar-refractivity contribution is 6.05. The first-order chi connectivity index (χ1) is 18.8. The lowest BCUT2D eigenvalue weighted by molar-refractivity contribution is -0.138. The number of benzene rings is 2. The van der Waals surface area contributed by atoms with Crippen molar-refractivity contribution in [3.63, 3.8) is 0 Å². The summed E-state index contributed by atoms with van der Waals surface area (Å²) in [6.07, 6.45) is -5.20. The van der Waals surface area contributed by atoms with Gasteiger partial charge in [-0.1, -0.05) is 24.3 Å². The SMILES string of the molecule is Cc1ccc(-c2cc(C(F)(F)F)c3c(N)ncnn23)cc1C(=O)Nc1cn(Cc2ccc(C(F)(F)F)cc2)cn1. The van der Waals surface area contributed by atoms with Gasteiger partial charge in [-0.05, 0) is 42.3 Å². The van der Waals surface area contributed by atoms with Crippen molar-refractivity contribution in [1.82, 2.24) is 24.1 Å². The van der Waals surface area contributed by atoms with Crippen LogP contribution >= 0.6 is 0 Å². The van der Waals surface area contributed by atoms with Crippen LogP contribution in [0.3, 0.4) is 0 Å². The zero-order valence-electron chi connectivity index (χ0n) is 20.5. The van der Waals surface area contributed by atoms with Crippen LogP contribution in [0.2, 0.25) is 0 Å². The Balaban J connectivity index is 1.39. The van der Waals surface area contributed by atoms with Gasteiger partial charge in [-0.3, -0.25) is 4.79 Å². The molecule has 0 saturated carbocycles. The van der Waals surface area contributed by atoms with Crippen LogP contribution in [0.4, 0.5) is 38.0 Å². The number of carbonyl (C=O) groups excluding carboxylic acids is 1. The molecule has 0 atom stereocenters. The summed E-state index contributed by atoms with van der Waals surface area (Å²) in [5, 5.41) is 6.56. The van der Waals surface area contributed by atoms with Crippen molar-refractivity contribution in [2.24, 2.45) is 0 Å². The number of aromatic nitrogens is 5. The maximum absolute atomic E-state index is 13.7. The molecule has 0 aliphatic rings. The molecule has 0 aliphatic heterocycles. The molecule has 5 rings (SSSR count). The first-order valence-electron chi connectivity index (χ1n) is 11.6. The first kappa shape index (κ1) is 26.7. The zero-order valence-corrected chi connectivity index (χ0v) is 20.5. The van der Waals surface area contributed by atoms with Crippen LogP contribution < -0.4 is 11.1 Å². The number of amides is 1. The van der Waals surface area contributed by atoms with E-state index < -0.39 is 34.9 Å². The predicted molar refractivity (Wildman–Crippen MR) is 133 cm³/mol. The maximum Gasteiger partial charge on any atom is 0.418 e. The van der Waals surface area contributed by atoms with Gasteiger partial charge in [-0.15, -0.1) is 0 Å². The second-order valence-electron chi connectivity index (χ2n) is 8.96. The number of alkyl halides is 6. The van der Waals surface area contributed by atoms with Gasteiger partial charge in [0.15, 0.2) is 11.6 Å². The lowest BCUT2D eigenvalue weighted by Gasteiger charge is -2.09. The highest BCUT2D eigenvalue weighted by atomic mass is 19.4. The topological polar surface area (TPSA) is 103 Å². The molecule has 1 amide bonds. The second kappa shape index (κ2) is 9.70. The monoisotopic (exact) mass is 559 g/mol. The Morgan fingerprint density at radius 3 is 2.38 bits per heavy atom. The quantitative estimate of drug-likeness (QED) is 0.264. The Morgan fingerprint density at radius 2 is 1.70 bits per heavy atom. The highest BCUT2D eigenvalue weighted by Gasteiger charge is 2.36. The molecule has 0 saturated heterocycles. The number of nitrogens with two attached hydrogens (primary N) is 1. The molecule has 3 heterocycles. The van der Waals surface area contributed by atoms with E-state index in [1.165, 1.54) is 30.7 Å². The molecule has 8 nitrogen and oxygen atoms in total. The number of halogens is 6. The van der Waals surface area contributed by atoms with E-state index in [4.69, 9.17) is 5.73 Å². The predicted octanol–water partition coefficient (Wildman–Crippen LogP) is 5.82. The first-order valence-corrected chi connectivity index (χ1v) is 11.6. The minimum Gasteiger partial charge on any atom is -0.382 e. The van der Waals surface area contributed by atoms with Crippen LogP contribution in [-0.2, 0) is 18.9 Å². The van der Waals surface area contributed by atoms with Crippen molar-refractivity contribution >= 4 is 23.1 Å². The van der Waals surface area contributed by atoms with Gasteiger partial charge in [0.2, 0.25) is 0 Å². The Morgan fingerprint density at radius 1 is 0.975 bits per heavy atom. The van der Waals surface area contributed by atoms with Crippen molar-refractivity contribution in [1.29, 1.82) is 0 Å². The van der Waals surface area contributed by atoms with Gasteiger partial charge in [-0.2, -0.15) is 31.4 Å². The summed E-state index contributed by atoms with van der Waals surface area (Å²) in [7, 11) is 0.